The molecule has 21 heavy (non-hydrogen) atoms. The second-order valence-electron chi connectivity index (χ2n) is 4.50. The van der Waals surface area contributed by atoms with Gasteiger partial charge in [-0.05, 0) is 32.9 Å². The summed E-state index contributed by atoms with van der Waals surface area (Å²) in [6.07, 6.45) is 0. The smallest absolute Gasteiger partial charge is 0.254 e. The fourth-order valence-electron chi connectivity index (χ4n) is 1.99. The van der Waals surface area contributed by atoms with E-state index in [0.717, 1.165) is 10.5 Å². The van der Waals surface area contributed by atoms with Crippen LogP contribution in [0.5, 0.6) is 0 Å². The van der Waals surface area contributed by atoms with Gasteiger partial charge in [-0.1, -0.05) is 17.3 Å². The highest BCUT2D eigenvalue weighted by atomic mass is 32.2. The summed E-state index contributed by atoms with van der Waals surface area (Å²) in [4.78, 5) is 19.4. The summed E-state index contributed by atoms with van der Waals surface area (Å²) in [7, 11) is 0. The molecule has 1 heterocycles. The van der Waals surface area contributed by atoms with E-state index >= 15 is 0 Å². The second kappa shape index (κ2) is 7.26. The SMILES string of the molecule is CCN(CC)C(=O)c1ccccc1SCc1nc(C)no1. The average molecular weight is 305 g/mol. The van der Waals surface area contributed by atoms with Crippen LogP contribution < -0.4 is 0 Å². The molecule has 0 radical (unpaired) electrons. The van der Waals surface area contributed by atoms with Crippen LogP contribution in [0.25, 0.3) is 0 Å². The van der Waals surface area contributed by atoms with E-state index in [-0.39, 0.29) is 5.91 Å². The molecule has 0 saturated heterocycles. The van der Waals surface area contributed by atoms with Crippen LogP contribution in [-0.4, -0.2) is 34.0 Å². The molecule has 0 unspecified atom stereocenters. The molecule has 0 atom stereocenters. The van der Waals surface area contributed by atoms with Crippen LogP contribution in [0, 0.1) is 6.92 Å². The maximum Gasteiger partial charge on any atom is 0.254 e. The first-order chi connectivity index (χ1) is 10.2. The highest BCUT2D eigenvalue weighted by molar-refractivity contribution is 7.98. The molecule has 1 amide bonds. The van der Waals surface area contributed by atoms with Crippen LogP contribution in [-0.2, 0) is 5.75 Å². The van der Waals surface area contributed by atoms with E-state index in [1.165, 1.54) is 11.8 Å². The molecule has 1 aromatic heterocycles. The lowest BCUT2D eigenvalue weighted by atomic mass is 10.2. The van der Waals surface area contributed by atoms with Crippen LogP contribution in [0.1, 0.15) is 35.9 Å². The molecule has 0 N–H and O–H groups in total. The summed E-state index contributed by atoms with van der Waals surface area (Å²) in [6, 6.07) is 7.63. The highest BCUT2D eigenvalue weighted by Gasteiger charge is 2.16. The molecule has 112 valence electrons. The summed E-state index contributed by atoms with van der Waals surface area (Å²) < 4.78 is 5.10. The van der Waals surface area contributed by atoms with Crippen molar-refractivity contribution in [3.63, 3.8) is 0 Å². The molecular formula is C15H19N3O2S. The van der Waals surface area contributed by atoms with E-state index in [9.17, 15) is 4.79 Å². The summed E-state index contributed by atoms with van der Waals surface area (Å²) >= 11 is 1.54. The van der Waals surface area contributed by atoms with Crippen molar-refractivity contribution < 1.29 is 9.32 Å². The number of carbonyl (C=O) groups is 1. The Hall–Kier alpha value is -1.82. The Morgan fingerprint density at radius 3 is 2.62 bits per heavy atom. The summed E-state index contributed by atoms with van der Waals surface area (Å²) in [5.41, 5.74) is 0.724. The van der Waals surface area contributed by atoms with Crippen molar-refractivity contribution >= 4 is 17.7 Å². The monoisotopic (exact) mass is 305 g/mol. The number of aryl methyl sites for hydroxylation is 1. The first-order valence-corrected chi connectivity index (χ1v) is 7.94. The van der Waals surface area contributed by atoms with Crippen molar-refractivity contribution in [3.05, 3.63) is 41.5 Å². The lowest BCUT2D eigenvalue weighted by molar-refractivity contribution is 0.0769. The fraction of sp³-hybridized carbons (Fsp3) is 0.400. The first-order valence-electron chi connectivity index (χ1n) is 6.96. The third kappa shape index (κ3) is 3.85. The third-order valence-electron chi connectivity index (χ3n) is 3.09. The quantitative estimate of drug-likeness (QED) is 0.767. The van der Waals surface area contributed by atoms with E-state index in [0.29, 0.717) is 30.6 Å². The van der Waals surface area contributed by atoms with Crippen LogP contribution in [0.2, 0.25) is 0 Å². The van der Waals surface area contributed by atoms with Crippen molar-refractivity contribution in [3.8, 4) is 0 Å². The molecule has 0 saturated carbocycles. The number of aromatic nitrogens is 2. The normalized spacial score (nSPS) is 10.6. The zero-order valence-corrected chi connectivity index (χ0v) is 13.3. The van der Waals surface area contributed by atoms with Gasteiger partial charge in [-0.3, -0.25) is 4.79 Å². The predicted octanol–water partition coefficient (Wildman–Crippen LogP) is 3.15. The van der Waals surface area contributed by atoms with Gasteiger partial charge in [0.05, 0.1) is 11.3 Å². The van der Waals surface area contributed by atoms with Crippen molar-refractivity contribution in [1.82, 2.24) is 15.0 Å². The number of nitrogens with zero attached hydrogens (tertiary/aromatic N) is 3. The summed E-state index contributed by atoms with van der Waals surface area (Å²) in [6.45, 7) is 7.17. The molecule has 2 aromatic rings. The number of hydrogen-bond donors (Lipinski definition) is 0. The van der Waals surface area contributed by atoms with Gasteiger partial charge >= 0.3 is 0 Å². The topological polar surface area (TPSA) is 59.2 Å². The number of rotatable bonds is 6. The van der Waals surface area contributed by atoms with Gasteiger partial charge in [0.25, 0.3) is 5.91 Å². The Bertz CT molecular complexity index is 608. The van der Waals surface area contributed by atoms with Gasteiger partial charge in [0.15, 0.2) is 5.82 Å². The van der Waals surface area contributed by atoms with Gasteiger partial charge < -0.3 is 9.42 Å². The van der Waals surface area contributed by atoms with E-state index in [1.54, 1.807) is 6.92 Å². The average Bonchev–Trinajstić information content (AvgIpc) is 2.92. The Kier molecular flexibility index (Phi) is 5.38. The van der Waals surface area contributed by atoms with E-state index in [4.69, 9.17) is 4.52 Å². The minimum atomic E-state index is 0.0600. The molecule has 0 fully saturated rings. The van der Waals surface area contributed by atoms with Crippen LogP contribution in [0.4, 0.5) is 0 Å². The maximum absolute atomic E-state index is 12.5. The van der Waals surface area contributed by atoms with Crippen LogP contribution in [0.3, 0.4) is 0 Å². The molecule has 0 aliphatic carbocycles. The van der Waals surface area contributed by atoms with Crippen molar-refractivity contribution in [2.24, 2.45) is 0 Å². The maximum atomic E-state index is 12.5. The van der Waals surface area contributed by atoms with Crippen molar-refractivity contribution in [2.45, 2.75) is 31.4 Å². The zero-order valence-electron chi connectivity index (χ0n) is 12.5. The number of amides is 1. The van der Waals surface area contributed by atoms with Gasteiger partial charge in [-0.2, -0.15) is 4.98 Å². The van der Waals surface area contributed by atoms with Crippen LogP contribution >= 0.6 is 11.8 Å². The molecule has 0 aliphatic heterocycles. The second-order valence-corrected chi connectivity index (χ2v) is 5.51. The van der Waals surface area contributed by atoms with Gasteiger partial charge in [0.1, 0.15) is 0 Å². The lowest BCUT2D eigenvalue weighted by Crippen LogP contribution is -2.30. The molecule has 1 aromatic carbocycles. The third-order valence-corrected chi connectivity index (χ3v) is 4.15. The molecular weight excluding hydrogens is 286 g/mol. The molecule has 0 aliphatic rings. The predicted molar refractivity (Wildman–Crippen MR) is 82.3 cm³/mol. The van der Waals surface area contributed by atoms with Crippen molar-refractivity contribution in [1.29, 1.82) is 0 Å². The largest absolute Gasteiger partial charge is 0.339 e. The Labute approximate surface area is 128 Å². The molecule has 0 bridgehead atoms. The molecule has 5 nitrogen and oxygen atoms in total. The Balaban J connectivity index is 2.14. The number of hydrogen-bond acceptors (Lipinski definition) is 5. The molecule has 2 rings (SSSR count). The van der Waals surface area contributed by atoms with E-state index in [1.807, 2.05) is 43.0 Å². The minimum Gasteiger partial charge on any atom is -0.339 e. The number of benzene rings is 1. The standard InChI is InChI=1S/C15H19N3O2S/c1-4-18(5-2)15(19)12-8-6-7-9-13(12)21-10-14-16-11(3)17-20-14/h6-9H,4-5,10H2,1-3H3. The highest BCUT2D eigenvalue weighted by Crippen LogP contribution is 2.26. The van der Waals surface area contributed by atoms with Crippen molar-refractivity contribution in [2.75, 3.05) is 13.1 Å². The van der Waals surface area contributed by atoms with E-state index in [2.05, 4.69) is 10.1 Å². The molecule has 0 spiro atoms. The Morgan fingerprint density at radius 1 is 1.29 bits per heavy atom. The van der Waals surface area contributed by atoms with Gasteiger partial charge in [0, 0.05) is 18.0 Å². The summed E-state index contributed by atoms with van der Waals surface area (Å²) in [5, 5.41) is 3.77. The first kappa shape index (κ1) is 15.6. The molecule has 6 heteroatoms. The van der Waals surface area contributed by atoms with E-state index < -0.39 is 0 Å². The lowest BCUT2D eigenvalue weighted by Gasteiger charge is -2.20. The number of carbonyl (C=O) groups excluding carboxylic acids is 1. The zero-order chi connectivity index (χ0) is 15.2. The van der Waals surface area contributed by atoms with Gasteiger partial charge in [-0.25, -0.2) is 0 Å². The minimum absolute atomic E-state index is 0.0600. The number of thioether (sulfide) groups is 1. The van der Waals surface area contributed by atoms with Crippen LogP contribution in [0.15, 0.2) is 33.7 Å². The summed E-state index contributed by atoms with van der Waals surface area (Å²) in [5.74, 6) is 1.81. The fourth-order valence-corrected chi connectivity index (χ4v) is 2.87. The van der Waals surface area contributed by atoms with Gasteiger partial charge in [0.2, 0.25) is 5.89 Å². The van der Waals surface area contributed by atoms with Gasteiger partial charge in [-0.15, -0.1) is 11.8 Å². The Morgan fingerprint density at radius 2 is 2.00 bits per heavy atom.